The molecular weight excluding hydrogens is 642 g/mol. The summed E-state index contributed by atoms with van der Waals surface area (Å²) < 4.78 is 10.7. The zero-order valence-electron chi connectivity index (χ0n) is 31.1. The number of amides is 5. The largest absolute Gasteiger partial charge is 0.497 e. The summed E-state index contributed by atoms with van der Waals surface area (Å²) in [4.78, 5) is 81.6. The predicted octanol–water partition coefficient (Wildman–Crippen LogP) is 3.12. The first-order chi connectivity index (χ1) is 23.2. The summed E-state index contributed by atoms with van der Waals surface area (Å²) in [5.74, 6) is -2.72. The van der Waals surface area contributed by atoms with Gasteiger partial charge in [-0.2, -0.15) is 0 Å². The summed E-state index contributed by atoms with van der Waals surface area (Å²) in [7, 11) is 1.56. The topological polar surface area (TPSA) is 172 Å². The maximum absolute atomic E-state index is 14.3. The van der Waals surface area contributed by atoms with E-state index in [0.29, 0.717) is 5.75 Å². The fraction of sp³-hybridized carbons (Fsp3) is 0.622. The lowest BCUT2D eigenvalue weighted by atomic mass is 9.85. The first kappa shape index (κ1) is 40.0. The van der Waals surface area contributed by atoms with Gasteiger partial charge in [0.2, 0.25) is 17.6 Å². The Morgan fingerprint density at radius 2 is 1.54 bits per heavy atom. The van der Waals surface area contributed by atoms with Gasteiger partial charge in [-0.15, -0.1) is 6.58 Å². The molecule has 1 heterocycles. The van der Waals surface area contributed by atoms with Gasteiger partial charge in [0, 0.05) is 13.1 Å². The second-order valence-corrected chi connectivity index (χ2v) is 15.9. The molecule has 13 nitrogen and oxygen atoms in total. The van der Waals surface area contributed by atoms with E-state index >= 15 is 0 Å². The van der Waals surface area contributed by atoms with Gasteiger partial charge in [-0.05, 0) is 52.2 Å². The van der Waals surface area contributed by atoms with E-state index in [9.17, 15) is 28.8 Å². The normalized spacial score (nSPS) is 21.0. The Kier molecular flexibility index (Phi) is 12.5. The van der Waals surface area contributed by atoms with Crippen molar-refractivity contribution in [3.05, 3.63) is 42.5 Å². The molecule has 4 N–H and O–H groups in total. The summed E-state index contributed by atoms with van der Waals surface area (Å²) in [6.07, 6.45) is 1.62. The molecule has 2 fully saturated rings. The lowest BCUT2D eigenvalue weighted by Crippen LogP contribution is -2.62. The van der Waals surface area contributed by atoms with E-state index in [2.05, 4.69) is 27.8 Å². The van der Waals surface area contributed by atoms with Crippen LogP contribution in [0.5, 0.6) is 5.75 Å². The van der Waals surface area contributed by atoms with Crippen LogP contribution in [0.15, 0.2) is 36.9 Å². The number of nitrogens with zero attached hydrogens (tertiary/aromatic N) is 1. The van der Waals surface area contributed by atoms with Crippen LogP contribution in [0.25, 0.3) is 0 Å². The molecule has 276 valence electrons. The molecule has 0 radical (unpaired) electrons. The molecule has 3 rings (SSSR count). The Morgan fingerprint density at radius 1 is 0.960 bits per heavy atom. The van der Waals surface area contributed by atoms with Gasteiger partial charge in [-0.3, -0.25) is 19.2 Å². The monoisotopic (exact) mass is 697 g/mol. The molecule has 0 bridgehead atoms. The standard InChI is InChI=1S/C37H55N5O8/c1-12-18-38-31(45)27(43)24(13-2)39-30(44)26-25-23(37(25,9)10)19-42(26)32(46)28(35(3,4)5)40-34(48)41-29(36(6,7)8)33(47)50-20-21-14-16-22(49-11)17-15-21/h12,14-17,23-26,28-29H,1,13,18-20H2,2-11H3,(H,38,45)(H,39,44)(H2,40,41,48)/t23-,24?,25-,26-,28+,29+/m0/s1. The minimum Gasteiger partial charge on any atom is -0.497 e. The van der Waals surface area contributed by atoms with Crippen molar-refractivity contribution in [2.45, 2.75) is 99.5 Å². The molecule has 1 aliphatic carbocycles. The molecule has 2 aliphatic rings. The summed E-state index contributed by atoms with van der Waals surface area (Å²) >= 11 is 0. The average molecular weight is 698 g/mol. The van der Waals surface area contributed by atoms with Crippen LogP contribution >= 0.6 is 0 Å². The van der Waals surface area contributed by atoms with Crippen molar-refractivity contribution in [2.75, 3.05) is 20.2 Å². The van der Waals surface area contributed by atoms with Crippen molar-refractivity contribution in [1.29, 1.82) is 0 Å². The smallest absolute Gasteiger partial charge is 0.329 e. The Bertz CT molecular complexity index is 1460. The average Bonchev–Trinajstić information content (AvgIpc) is 3.34. The molecule has 1 saturated heterocycles. The zero-order valence-corrected chi connectivity index (χ0v) is 31.1. The van der Waals surface area contributed by atoms with Gasteiger partial charge < -0.3 is 35.6 Å². The van der Waals surface area contributed by atoms with Gasteiger partial charge in [0.25, 0.3) is 5.91 Å². The maximum atomic E-state index is 14.3. The minimum atomic E-state index is -1.08. The number of esters is 1. The number of methoxy groups -OCH3 is 1. The van der Waals surface area contributed by atoms with E-state index in [4.69, 9.17) is 9.47 Å². The highest BCUT2D eigenvalue weighted by Crippen LogP contribution is 2.65. The molecule has 0 aromatic heterocycles. The number of likely N-dealkylation sites (tertiary alicyclic amines) is 1. The number of carbonyl (C=O) groups is 6. The van der Waals surface area contributed by atoms with E-state index in [0.717, 1.165) is 5.56 Å². The molecule has 1 unspecified atom stereocenters. The van der Waals surface area contributed by atoms with Gasteiger partial charge in [0.05, 0.1) is 13.2 Å². The first-order valence-corrected chi connectivity index (χ1v) is 17.1. The quantitative estimate of drug-likeness (QED) is 0.131. The number of hydrogen-bond donors (Lipinski definition) is 4. The fourth-order valence-electron chi connectivity index (χ4n) is 6.54. The number of Topliss-reactive ketones (excluding diaryl/α,β-unsaturated/α-hetero) is 1. The number of benzene rings is 1. The van der Waals surface area contributed by atoms with Crippen molar-refractivity contribution in [1.82, 2.24) is 26.2 Å². The second kappa shape index (κ2) is 15.6. The molecular formula is C37H55N5O8. The Balaban J connectivity index is 1.77. The number of piperidine rings is 1. The number of ether oxygens (including phenoxy) is 2. The summed E-state index contributed by atoms with van der Waals surface area (Å²) in [6.45, 7) is 20.4. The van der Waals surface area contributed by atoms with Crippen LogP contribution in [0.2, 0.25) is 0 Å². The van der Waals surface area contributed by atoms with Gasteiger partial charge in [0.15, 0.2) is 0 Å². The summed E-state index contributed by atoms with van der Waals surface area (Å²) in [6, 6.07) is 2.19. The molecule has 0 spiro atoms. The third-order valence-electron chi connectivity index (χ3n) is 9.74. The summed E-state index contributed by atoms with van der Waals surface area (Å²) in [5.41, 5.74) is -1.02. The van der Waals surface area contributed by atoms with Crippen molar-refractivity contribution in [3.8, 4) is 5.75 Å². The van der Waals surface area contributed by atoms with Gasteiger partial charge in [-0.1, -0.05) is 80.5 Å². The number of rotatable bonds is 14. The number of urea groups is 1. The second-order valence-electron chi connectivity index (χ2n) is 15.9. The lowest BCUT2D eigenvalue weighted by Gasteiger charge is -2.38. The highest BCUT2D eigenvalue weighted by atomic mass is 16.5. The van der Waals surface area contributed by atoms with Crippen LogP contribution in [0.4, 0.5) is 4.79 Å². The molecule has 1 saturated carbocycles. The minimum absolute atomic E-state index is 0.0110. The van der Waals surface area contributed by atoms with Crippen molar-refractivity contribution in [2.24, 2.45) is 28.1 Å². The van der Waals surface area contributed by atoms with Crippen LogP contribution in [-0.2, 0) is 35.3 Å². The van der Waals surface area contributed by atoms with E-state index < -0.39 is 70.5 Å². The summed E-state index contributed by atoms with van der Waals surface area (Å²) in [5, 5.41) is 10.7. The highest BCUT2D eigenvalue weighted by molar-refractivity contribution is 6.38. The molecule has 1 aliphatic heterocycles. The maximum Gasteiger partial charge on any atom is 0.329 e. The van der Waals surface area contributed by atoms with E-state index in [1.54, 1.807) is 79.8 Å². The third-order valence-corrected chi connectivity index (χ3v) is 9.74. The van der Waals surface area contributed by atoms with Crippen LogP contribution in [-0.4, -0.2) is 84.8 Å². The van der Waals surface area contributed by atoms with Crippen LogP contribution in [0, 0.1) is 28.1 Å². The number of fused-ring (bicyclic) bond motifs is 1. The molecule has 1 aromatic carbocycles. The third kappa shape index (κ3) is 9.22. The van der Waals surface area contributed by atoms with Crippen LogP contribution in [0.3, 0.4) is 0 Å². The lowest BCUT2D eigenvalue weighted by molar-refractivity contribution is -0.150. The Hall–Kier alpha value is -4.42. The van der Waals surface area contributed by atoms with Gasteiger partial charge in [-0.25, -0.2) is 9.59 Å². The van der Waals surface area contributed by atoms with Gasteiger partial charge >= 0.3 is 12.0 Å². The predicted molar refractivity (Wildman–Crippen MR) is 188 cm³/mol. The Labute approximate surface area is 295 Å². The van der Waals surface area contributed by atoms with E-state index in [-0.39, 0.29) is 43.4 Å². The molecule has 1 aromatic rings. The number of nitrogens with one attached hydrogen (secondary N) is 4. The fourth-order valence-corrected chi connectivity index (χ4v) is 6.54. The first-order valence-electron chi connectivity index (χ1n) is 17.1. The van der Waals surface area contributed by atoms with Gasteiger partial charge in [0.1, 0.15) is 30.5 Å². The molecule has 5 amide bonds. The van der Waals surface area contributed by atoms with Crippen LogP contribution in [0.1, 0.15) is 74.3 Å². The van der Waals surface area contributed by atoms with E-state index in [1.807, 2.05) is 13.8 Å². The number of ketones is 1. The number of carbonyl (C=O) groups excluding carboxylic acids is 6. The SMILES string of the molecule is C=CCNC(=O)C(=O)C(CC)NC(=O)[C@@H]1[C@@H]2[C@H](CN1C(=O)[C@@H](NC(=O)N[C@H](C(=O)OCc1ccc(OC)cc1)C(C)(C)C)C(C)(C)C)C2(C)C. The number of hydrogen-bond acceptors (Lipinski definition) is 8. The molecule has 13 heteroatoms. The van der Waals surface area contributed by atoms with Crippen molar-refractivity contribution < 1.29 is 38.2 Å². The van der Waals surface area contributed by atoms with Crippen molar-refractivity contribution in [3.63, 3.8) is 0 Å². The molecule has 6 atom stereocenters. The zero-order chi connectivity index (χ0) is 37.8. The Morgan fingerprint density at radius 3 is 2.06 bits per heavy atom. The van der Waals surface area contributed by atoms with Crippen molar-refractivity contribution >= 4 is 35.5 Å². The van der Waals surface area contributed by atoms with E-state index in [1.165, 1.54) is 11.0 Å². The highest BCUT2D eigenvalue weighted by Gasteiger charge is 2.70. The molecule has 50 heavy (non-hydrogen) atoms. The van der Waals surface area contributed by atoms with Crippen LogP contribution < -0.4 is 26.0 Å².